The monoisotopic (exact) mass is 428 g/mol. The molecule has 0 bridgehead atoms. The molecule has 31 heavy (non-hydrogen) atoms. The Morgan fingerprint density at radius 2 is 1.45 bits per heavy atom. The van der Waals surface area contributed by atoms with Crippen LogP contribution in [-0.4, -0.2) is 6.61 Å². The van der Waals surface area contributed by atoms with Crippen LogP contribution in [0, 0.1) is 36.1 Å². The van der Waals surface area contributed by atoms with Crippen molar-refractivity contribution in [2.75, 3.05) is 6.61 Å². The Bertz CT molecular complexity index is 1060. The van der Waals surface area contributed by atoms with Crippen molar-refractivity contribution in [3.8, 4) is 16.9 Å². The molecule has 0 amide bonds. The lowest BCUT2D eigenvalue weighted by Crippen LogP contribution is -2.20. The molecule has 3 aromatic rings. The number of rotatable bonds is 5. The van der Waals surface area contributed by atoms with E-state index in [9.17, 15) is 17.6 Å². The van der Waals surface area contributed by atoms with E-state index in [1.54, 1.807) is 36.4 Å². The van der Waals surface area contributed by atoms with Gasteiger partial charge in [0.25, 0.3) is 0 Å². The number of halogens is 4. The summed E-state index contributed by atoms with van der Waals surface area (Å²) in [6, 6.07) is 15.2. The summed E-state index contributed by atoms with van der Waals surface area (Å²) in [6.07, 6.45) is 2.89. The molecule has 0 N–H and O–H groups in total. The summed E-state index contributed by atoms with van der Waals surface area (Å²) >= 11 is 0. The smallest absolute Gasteiger partial charge is 0.200 e. The lowest BCUT2D eigenvalue weighted by atomic mass is 9.78. The maximum atomic E-state index is 14.8. The van der Waals surface area contributed by atoms with Gasteiger partial charge < -0.3 is 4.74 Å². The quantitative estimate of drug-likeness (QED) is 0.381. The Morgan fingerprint density at radius 3 is 2.16 bits per heavy atom. The van der Waals surface area contributed by atoms with Gasteiger partial charge in [0.1, 0.15) is 0 Å². The second-order valence-electron chi connectivity index (χ2n) is 8.23. The predicted octanol–water partition coefficient (Wildman–Crippen LogP) is 7.57. The summed E-state index contributed by atoms with van der Waals surface area (Å²) in [4.78, 5) is 0. The third kappa shape index (κ3) is 4.46. The molecule has 1 fully saturated rings. The summed E-state index contributed by atoms with van der Waals surface area (Å²) in [6.45, 7) is 1.77. The maximum Gasteiger partial charge on any atom is 0.200 e. The first kappa shape index (κ1) is 21.4. The van der Waals surface area contributed by atoms with E-state index in [1.165, 1.54) is 19.1 Å². The van der Waals surface area contributed by atoms with E-state index in [1.807, 2.05) is 6.07 Å². The minimum atomic E-state index is -0.968. The molecular formula is C26H24F4O. The van der Waals surface area contributed by atoms with Crippen LogP contribution in [0.1, 0.15) is 42.7 Å². The van der Waals surface area contributed by atoms with E-state index in [4.69, 9.17) is 4.74 Å². The summed E-state index contributed by atoms with van der Waals surface area (Å²) in [5.41, 5.74) is 1.54. The number of benzene rings is 3. The molecule has 4 rings (SSSR count). The summed E-state index contributed by atoms with van der Waals surface area (Å²) < 4.78 is 62.7. The van der Waals surface area contributed by atoms with E-state index < -0.39 is 23.3 Å². The van der Waals surface area contributed by atoms with Crippen molar-refractivity contribution < 1.29 is 22.3 Å². The van der Waals surface area contributed by atoms with E-state index in [0.717, 1.165) is 12.8 Å². The highest BCUT2D eigenvalue weighted by molar-refractivity contribution is 5.64. The molecule has 3 aromatic carbocycles. The fourth-order valence-electron chi connectivity index (χ4n) is 4.31. The minimum absolute atomic E-state index is 0.0656. The summed E-state index contributed by atoms with van der Waals surface area (Å²) in [7, 11) is 0. The molecule has 0 saturated heterocycles. The van der Waals surface area contributed by atoms with Gasteiger partial charge >= 0.3 is 0 Å². The van der Waals surface area contributed by atoms with E-state index in [2.05, 4.69) is 0 Å². The van der Waals surface area contributed by atoms with Crippen molar-refractivity contribution in [3.63, 3.8) is 0 Å². The van der Waals surface area contributed by atoms with Gasteiger partial charge in [-0.15, -0.1) is 0 Å². The van der Waals surface area contributed by atoms with Crippen LogP contribution in [0.4, 0.5) is 17.6 Å². The molecule has 0 aliphatic heterocycles. The first-order chi connectivity index (χ1) is 15.0. The standard InChI is InChI=1S/C26H24F4O/c1-16-7-14-22(26(30)23(16)27)31-15-17-8-10-19(11-9-17)21-13-12-20(24(28)25(21)29)18-5-3-2-4-6-18/h2-7,12-14,17,19H,8-11,15H2,1H3. The van der Waals surface area contributed by atoms with Crippen LogP contribution in [0.15, 0.2) is 54.6 Å². The molecule has 5 heteroatoms. The molecule has 1 nitrogen and oxygen atoms in total. The first-order valence-electron chi connectivity index (χ1n) is 10.6. The van der Waals surface area contributed by atoms with E-state index in [0.29, 0.717) is 24.0 Å². The second-order valence-corrected chi connectivity index (χ2v) is 8.23. The molecule has 0 radical (unpaired) electrons. The van der Waals surface area contributed by atoms with E-state index >= 15 is 0 Å². The van der Waals surface area contributed by atoms with Crippen LogP contribution in [0.5, 0.6) is 5.75 Å². The summed E-state index contributed by atoms with van der Waals surface area (Å²) in [5.74, 6) is -3.44. The van der Waals surface area contributed by atoms with Crippen LogP contribution in [0.25, 0.3) is 11.1 Å². The van der Waals surface area contributed by atoms with Gasteiger partial charge in [-0.05, 0) is 67.2 Å². The summed E-state index contributed by atoms with van der Waals surface area (Å²) in [5, 5.41) is 0. The van der Waals surface area contributed by atoms with Gasteiger partial charge in [-0.25, -0.2) is 13.2 Å². The fourth-order valence-corrected chi connectivity index (χ4v) is 4.31. The molecule has 0 heterocycles. The largest absolute Gasteiger partial charge is 0.490 e. The van der Waals surface area contributed by atoms with Gasteiger partial charge in [0.05, 0.1) is 6.61 Å². The SMILES string of the molecule is Cc1ccc(OCC2CCC(c3ccc(-c4ccccc4)c(F)c3F)CC2)c(F)c1F. The van der Waals surface area contributed by atoms with Crippen molar-refractivity contribution in [3.05, 3.63) is 89.0 Å². The van der Waals surface area contributed by atoms with Gasteiger partial charge in [0.15, 0.2) is 23.2 Å². The predicted molar refractivity (Wildman–Crippen MR) is 113 cm³/mol. The molecule has 0 unspecified atom stereocenters. The zero-order chi connectivity index (χ0) is 22.0. The van der Waals surface area contributed by atoms with Crippen LogP contribution in [0.3, 0.4) is 0 Å². The van der Waals surface area contributed by atoms with Crippen molar-refractivity contribution in [1.82, 2.24) is 0 Å². The highest BCUT2D eigenvalue weighted by Gasteiger charge is 2.27. The Labute approximate surface area is 179 Å². The lowest BCUT2D eigenvalue weighted by molar-refractivity contribution is 0.191. The fraction of sp³-hybridized carbons (Fsp3) is 0.308. The number of hydrogen-bond donors (Lipinski definition) is 0. The number of aryl methyl sites for hydroxylation is 1. The van der Waals surface area contributed by atoms with Crippen LogP contribution in [0.2, 0.25) is 0 Å². The molecule has 1 aliphatic carbocycles. The topological polar surface area (TPSA) is 9.23 Å². The first-order valence-corrected chi connectivity index (χ1v) is 10.6. The minimum Gasteiger partial charge on any atom is -0.490 e. The number of ether oxygens (including phenoxy) is 1. The van der Waals surface area contributed by atoms with Crippen molar-refractivity contribution in [2.24, 2.45) is 5.92 Å². The van der Waals surface area contributed by atoms with Crippen molar-refractivity contribution in [1.29, 1.82) is 0 Å². The second kappa shape index (κ2) is 9.13. The zero-order valence-electron chi connectivity index (χ0n) is 17.3. The van der Waals surface area contributed by atoms with Gasteiger partial charge in [0, 0.05) is 5.56 Å². The highest BCUT2D eigenvalue weighted by atomic mass is 19.2. The Hall–Kier alpha value is -2.82. The Balaban J connectivity index is 1.39. The van der Waals surface area contributed by atoms with Crippen molar-refractivity contribution in [2.45, 2.75) is 38.5 Å². The zero-order valence-corrected chi connectivity index (χ0v) is 17.3. The third-order valence-electron chi connectivity index (χ3n) is 6.20. The average Bonchev–Trinajstić information content (AvgIpc) is 2.80. The molecule has 1 aliphatic rings. The van der Waals surface area contributed by atoms with Crippen LogP contribution < -0.4 is 4.74 Å². The molecule has 1 saturated carbocycles. The van der Waals surface area contributed by atoms with Crippen LogP contribution >= 0.6 is 0 Å². The van der Waals surface area contributed by atoms with Crippen molar-refractivity contribution >= 4 is 0 Å². The van der Waals surface area contributed by atoms with E-state index in [-0.39, 0.29) is 35.3 Å². The molecule has 0 spiro atoms. The Kier molecular flexibility index (Phi) is 6.30. The highest BCUT2D eigenvalue weighted by Crippen LogP contribution is 2.39. The maximum absolute atomic E-state index is 14.8. The number of hydrogen-bond acceptors (Lipinski definition) is 1. The van der Waals surface area contributed by atoms with Gasteiger partial charge in [-0.2, -0.15) is 4.39 Å². The van der Waals surface area contributed by atoms with Gasteiger partial charge in [0.2, 0.25) is 5.82 Å². The average molecular weight is 428 g/mol. The molecule has 0 atom stereocenters. The van der Waals surface area contributed by atoms with Gasteiger partial charge in [-0.3, -0.25) is 0 Å². The van der Waals surface area contributed by atoms with Crippen LogP contribution in [-0.2, 0) is 0 Å². The Morgan fingerprint density at radius 1 is 0.742 bits per heavy atom. The molecule has 0 aromatic heterocycles. The normalized spacial score (nSPS) is 18.7. The third-order valence-corrected chi connectivity index (χ3v) is 6.20. The lowest BCUT2D eigenvalue weighted by Gasteiger charge is -2.29. The molecular weight excluding hydrogens is 404 g/mol. The molecule has 162 valence electrons. The van der Waals surface area contributed by atoms with Gasteiger partial charge in [-0.1, -0.05) is 48.5 Å².